The molecule has 0 saturated carbocycles. The van der Waals surface area contributed by atoms with E-state index in [-0.39, 0.29) is 18.3 Å². The number of carbonyl (C=O) groups is 1. The van der Waals surface area contributed by atoms with Crippen molar-refractivity contribution >= 4 is 24.0 Å². The lowest BCUT2D eigenvalue weighted by molar-refractivity contribution is -0.116. The molecular weight excluding hydrogens is 343 g/mol. The zero-order valence-corrected chi connectivity index (χ0v) is 15.1. The van der Waals surface area contributed by atoms with E-state index in [0.29, 0.717) is 23.7 Å². The topological polar surface area (TPSA) is 59.0 Å². The first-order valence-electron chi connectivity index (χ1n) is 8.43. The average molecular weight is 367 g/mol. The van der Waals surface area contributed by atoms with Crippen LogP contribution in [-0.4, -0.2) is 28.8 Å². The van der Waals surface area contributed by atoms with E-state index in [2.05, 4.69) is 15.7 Å². The number of nitrogens with one attached hydrogen (secondary N) is 2. The molecule has 2 aromatic rings. The summed E-state index contributed by atoms with van der Waals surface area (Å²) in [5, 5.41) is 10.2. The van der Waals surface area contributed by atoms with Gasteiger partial charge in [-0.25, -0.2) is 9.07 Å². The molecule has 1 fully saturated rings. The van der Waals surface area contributed by atoms with Gasteiger partial charge in [-0.3, -0.25) is 4.79 Å². The summed E-state index contributed by atoms with van der Waals surface area (Å²) in [4.78, 5) is 12.1. The third-order valence-electron chi connectivity index (χ3n) is 4.43. The van der Waals surface area contributed by atoms with Crippen molar-refractivity contribution in [2.24, 2.45) is 5.92 Å². The number of anilines is 1. The van der Waals surface area contributed by atoms with Crippen LogP contribution in [0.2, 0.25) is 0 Å². The van der Waals surface area contributed by atoms with E-state index in [1.807, 2.05) is 6.92 Å². The summed E-state index contributed by atoms with van der Waals surface area (Å²) in [6.45, 7) is 3.97. The Morgan fingerprint density at radius 2 is 2.16 bits per heavy atom. The number of aromatic nitrogens is 2. The molecule has 0 spiro atoms. The Labute approximate surface area is 153 Å². The van der Waals surface area contributed by atoms with Crippen LogP contribution in [0.15, 0.2) is 30.6 Å². The van der Waals surface area contributed by atoms with Gasteiger partial charge in [0.1, 0.15) is 5.69 Å². The predicted molar refractivity (Wildman–Crippen MR) is 99.0 cm³/mol. The SMILES string of the molecule is Cc1cnn(-c2ccc(NC(=O)CCC3CCNCC3)cc2F)c1.Cl. The van der Waals surface area contributed by atoms with E-state index in [4.69, 9.17) is 0 Å². The molecule has 0 radical (unpaired) electrons. The minimum atomic E-state index is -0.408. The summed E-state index contributed by atoms with van der Waals surface area (Å²) in [6.07, 6.45) is 7.05. The van der Waals surface area contributed by atoms with Crippen LogP contribution < -0.4 is 10.6 Å². The highest BCUT2D eigenvalue weighted by atomic mass is 35.5. The third kappa shape index (κ3) is 5.28. The van der Waals surface area contributed by atoms with Crippen molar-refractivity contribution in [3.63, 3.8) is 0 Å². The molecule has 1 aromatic carbocycles. The fraction of sp³-hybridized carbons (Fsp3) is 0.444. The highest BCUT2D eigenvalue weighted by Crippen LogP contribution is 2.20. The summed E-state index contributed by atoms with van der Waals surface area (Å²) < 4.78 is 15.7. The highest BCUT2D eigenvalue weighted by molar-refractivity contribution is 5.90. The maximum atomic E-state index is 14.3. The van der Waals surface area contributed by atoms with Gasteiger partial charge in [0.05, 0.1) is 6.20 Å². The van der Waals surface area contributed by atoms with Gasteiger partial charge in [-0.2, -0.15) is 5.10 Å². The molecule has 1 aliphatic heterocycles. The maximum Gasteiger partial charge on any atom is 0.224 e. The number of nitrogens with zero attached hydrogens (tertiary/aromatic N) is 2. The maximum absolute atomic E-state index is 14.3. The fourth-order valence-electron chi connectivity index (χ4n) is 3.04. The van der Waals surface area contributed by atoms with Gasteiger partial charge < -0.3 is 10.6 Å². The standard InChI is InChI=1S/C18H23FN4O.ClH/c1-13-11-21-23(12-13)17-4-3-15(10-16(17)19)22-18(24)5-2-14-6-8-20-9-7-14;/h3-4,10-12,14,20H,2,5-9H2,1H3,(H,22,24);1H. The molecule has 25 heavy (non-hydrogen) atoms. The zero-order chi connectivity index (χ0) is 16.9. The Morgan fingerprint density at radius 1 is 1.40 bits per heavy atom. The minimum Gasteiger partial charge on any atom is -0.326 e. The lowest BCUT2D eigenvalue weighted by atomic mass is 9.93. The summed E-state index contributed by atoms with van der Waals surface area (Å²) in [7, 11) is 0. The summed E-state index contributed by atoms with van der Waals surface area (Å²) in [5.41, 5.74) is 1.82. The van der Waals surface area contributed by atoms with Crippen molar-refractivity contribution < 1.29 is 9.18 Å². The van der Waals surface area contributed by atoms with Crippen LogP contribution in [-0.2, 0) is 4.79 Å². The van der Waals surface area contributed by atoms with Crippen LogP contribution >= 0.6 is 12.4 Å². The van der Waals surface area contributed by atoms with Crippen molar-refractivity contribution in [3.05, 3.63) is 42.0 Å². The van der Waals surface area contributed by atoms with Gasteiger partial charge in [0.25, 0.3) is 0 Å². The van der Waals surface area contributed by atoms with Gasteiger partial charge in [-0.1, -0.05) is 0 Å². The van der Waals surface area contributed by atoms with E-state index >= 15 is 0 Å². The molecule has 0 atom stereocenters. The Hall–Kier alpha value is -1.92. The number of halogens is 2. The second-order valence-electron chi connectivity index (χ2n) is 6.41. The largest absolute Gasteiger partial charge is 0.326 e. The first-order chi connectivity index (χ1) is 11.6. The summed E-state index contributed by atoms with van der Waals surface area (Å²) >= 11 is 0. The first-order valence-corrected chi connectivity index (χ1v) is 8.43. The number of hydrogen-bond acceptors (Lipinski definition) is 3. The molecular formula is C18H24ClFN4O. The van der Waals surface area contributed by atoms with Crippen molar-refractivity contribution in [1.82, 2.24) is 15.1 Å². The number of carbonyl (C=O) groups excluding carboxylic acids is 1. The molecule has 0 aliphatic carbocycles. The van der Waals surface area contributed by atoms with Crippen molar-refractivity contribution in [3.8, 4) is 5.69 Å². The molecule has 5 nitrogen and oxygen atoms in total. The van der Waals surface area contributed by atoms with Crippen molar-refractivity contribution in [2.45, 2.75) is 32.6 Å². The molecule has 0 bridgehead atoms. The van der Waals surface area contributed by atoms with E-state index in [9.17, 15) is 9.18 Å². The van der Waals surface area contributed by atoms with Crippen LogP contribution in [0, 0.1) is 18.7 Å². The fourth-order valence-corrected chi connectivity index (χ4v) is 3.04. The predicted octanol–water partition coefficient (Wildman–Crippen LogP) is 3.46. The molecule has 136 valence electrons. The molecule has 2 N–H and O–H groups in total. The lowest BCUT2D eigenvalue weighted by Crippen LogP contribution is -2.28. The van der Waals surface area contributed by atoms with Crippen molar-refractivity contribution in [2.75, 3.05) is 18.4 Å². The molecule has 2 heterocycles. The van der Waals surface area contributed by atoms with Crippen molar-refractivity contribution in [1.29, 1.82) is 0 Å². The Bertz CT molecular complexity index is 713. The average Bonchev–Trinajstić information content (AvgIpc) is 3.00. The first kappa shape index (κ1) is 19.4. The van der Waals surface area contributed by atoms with E-state index in [1.54, 1.807) is 24.5 Å². The smallest absolute Gasteiger partial charge is 0.224 e. The van der Waals surface area contributed by atoms with E-state index < -0.39 is 5.82 Å². The summed E-state index contributed by atoms with van der Waals surface area (Å²) in [5.74, 6) is 0.143. The quantitative estimate of drug-likeness (QED) is 0.852. The molecule has 1 aliphatic rings. The second kappa shape index (κ2) is 8.97. The van der Waals surface area contributed by atoms with Crippen LogP contribution in [0.3, 0.4) is 0 Å². The Balaban J connectivity index is 0.00000225. The number of piperidine rings is 1. The second-order valence-corrected chi connectivity index (χ2v) is 6.41. The van der Waals surface area contributed by atoms with Gasteiger partial charge in [-0.15, -0.1) is 12.4 Å². The van der Waals surface area contributed by atoms with Gasteiger partial charge in [0.2, 0.25) is 5.91 Å². The van der Waals surface area contributed by atoms with Crippen LogP contribution in [0.25, 0.3) is 5.69 Å². The molecule has 1 saturated heterocycles. The van der Waals surface area contributed by atoms with E-state index in [0.717, 1.165) is 37.9 Å². The molecule has 7 heteroatoms. The Morgan fingerprint density at radius 3 is 2.80 bits per heavy atom. The van der Waals surface area contributed by atoms with Gasteiger partial charge in [0, 0.05) is 18.3 Å². The number of benzene rings is 1. The van der Waals surface area contributed by atoms with Crippen LogP contribution in [0.5, 0.6) is 0 Å². The number of aryl methyl sites for hydroxylation is 1. The molecule has 1 aromatic heterocycles. The van der Waals surface area contributed by atoms with Gasteiger partial charge in [-0.05, 0) is 69.0 Å². The third-order valence-corrected chi connectivity index (χ3v) is 4.43. The highest BCUT2D eigenvalue weighted by Gasteiger charge is 2.15. The number of hydrogen-bond donors (Lipinski definition) is 2. The van der Waals surface area contributed by atoms with Gasteiger partial charge >= 0.3 is 0 Å². The number of amides is 1. The van der Waals surface area contributed by atoms with Crippen LogP contribution in [0.1, 0.15) is 31.2 Å². The summed E-state index contributed by atoms with van der Waals surface area (Å²) in [6, 6.07) is 4.68. The monoisotopic (exact) mass is 366 g/mol. The number of rotatable bonds is 5. The van der Waals surface area contributed by atoms with Crippen LogP contribution in [0.4, 0.5) is 10.1 Å². The lowest BCUT2D eigenvalue weighted by Gasteiger charge is -2.22. The Kier molecular flexibility index (Phi) is 6.96. The minimum absolute atomic E-state index is 0. The van der Waals surface area contributed by atoms with Gasteiger partial charge in [0.15, 0.2) is 5.82 Å². The molecule has 1 amide bonds. The molecule has 0 unspecified atom stereocenters. The zero-order valence-electron chi connectivity index (χ0n) is 14.3. The van der Waals surface area contributed by atoms with E-state index in [1.165, 1.54) is 10.7 Å². The molecule has 3 rings (SSSR count). The normalized spacial score (nSPS) is 14.8.